The number of amides is 1. The molecule has 18 heavy (non-hydrogen) atoms. The fraction of sp³-hybridized carbons (Fsp3) is 0.571. The molecule has 4 nitrogen and oxygen atoms in total. The molecule has 0 radical (unpaired) electrons. The van der Waals surface area contributed by atoms with Crippen molar-refractivity contribution in [3.05, 3.63) is 30.1 Å². The number of carbonyl (C=O) groups excluding carboxylic acids is 1. The maximum atomic E-state index is 12.5. The molecule has 0 bridgehead atoms. The highest BCUT2D eigenvalue weighted by Crippen LogP contribution is 2.30. The number of aromatic nitrogens is 1. The van der Waals surface area contributed by atoms with E-state index in [4.69, 9.17) is 5.73 Å². The number of carbonyl (C=O) groups is 1. The van der Waals surface area contributed by atoms with E-state index in [2.05, 4.69) is 4.98 Å². The third-order valence-corrected chi connectivity index (χ3v) is 3.55. The Balaban J connectivity index is 2.12. The average molecular weight is 247 g/mol. The standard InChI is InChI=1S/C14H21N3O/c1-3-14(2,15)13(18)17(12-6-7-12)10-11-5-4-8-16-9-11/h4-5,8-9,12H,3,6-7,10,15H2,1-2H3. The van der Waals surface area contributed by atoms with Gasteiger partial charge in [0.15, 0.2) is 0 Å². The van der Waals surface area contributed by atoms with Gasteiger partial charge in [-0.1, -0.05) is 13.0 Å². The molecule has 0 aromatic carbocycles. The molecular formula is C14H21N3O. The zero-order valence-corrected chi connectivity index (χ0v) is 11.1. The predicted molar refractivity (Wildman–Crippen MR) is 70.7 cm³/mol. The first-order valence-electron chi connectivity index (χ1n) is 6.53. The smallest absolute Gasteiger partial charge is 0.242 e. The Bertz CT molecular complexity index is 412. The lowest BCUT2D eigenvalue weighted by molar-refractivity contribution is -0.137. The zero-order valence-electron chi connectivity index (χ0n) is 11.1. The third-order valence-electron chi connectivity index (χ3n) is 3.55. The summed E-state index contributed by atoms with van der Waals surface area (Å²) in [7, 11) is 0. The number of hydrogen-bond donors (Lipinski definition) is 1. The van der Waals surface area contributed by atoms with E-state index in [1.807, 2.05) is 37.1 Å². The molecule has 1 aliphatic rings. The molecule has 1 saturated carbocycles. The van der Waals surface area contributed by atoms with Crippen molar-refractivity contribution >= 4 is 5.91 Å². The summed E-state index contributed by atoms with van der Waals surface area (Å²) in [6, 6.07) is 4.26. The van der Waals surface area contributed by atoms with Crippen LogP contribution in [0, 0.1) is 0 Å². The number of pyridine rings is 1. The second-order valence-electron chi connectivity index (χ2n) is 5.30. The molecule has 98 valence electrons. The van der Waals surface area contributed by atoms with Crippen molar-refractivity contribution in [3.8, 4) is 0 Å². The van der Waals surface area contributed by atoms with Gasteiger partial charge in [0.05, 0.1) is 5.54 Å². The largest absolute Gasteiger partial charge is 0.334 e. The van der Waals surface area contributed by atoms with Gasteiger partial charge in [0, 0.05) is 25.0 Å². The van der Waals surface area contributed by atoms with Gasteiger partial charge >= 0.3 is 0 Å². The molecule has 4 heteroatoms. The molecule has 1 heterocycles. The van der Waals surface area contributed by atoms with Gasteiger partial charge in [0.1, 0.15) is 0 Å². The molecule has 1 atom stereocenters. The molecule has 1 unspecified atom stereocenters. The van der Waals surface area contributed by atoms with Crippen molar-refractivity contribution in [2.45, 2.75) is 51.2 Å². The van der Waals surface area contributed by atoms with Crippen molar-refractivity contribution in [1.29, 1.82) is 0 Å². The number of rotatable bonds is 5. The topological polar surface area (TPSA) is 59.2 Å². The highest BCUT2D eigenvalue weighted by molar-refractivity contribution is 5.86. The van der Waals surface area contributed by atoms with Crippen molar-refractivity contribution in [2.24, 2.45) is 5.73 Å². The van der Waals surface area contributed by atoms with Gasteiger partial charge in [-0.15, -0.1) is 0 Å². The summed E-state index contributed by atoms with van der Waals surface area (Å²) in [5.74, 6) is 0.0522. The quantitative estimate of drug-likeness (QED) is 0.861. The van der Waals surface area contributed by atoms with Crippen LogP contribution >= 0.6 is 0 Å². The molecule has 1 aromatic rings. The number of nitrogens with zero attached hydrogens (tertiary/aromatic N) is 2. The second-order valence-corrected chi connectivity index (χ2v) is 5.30. The second kappa shape index (κ2) is 5.06. The van der Waals surface area contributed by atoms with E-state index in [1.54, 1.807) is 6.20 Å². The van der Waals surface area contributed by atoms with Gasteiger partial charge in [0.2, 0.25) is 5.91 Å². The van der Waals surface area contributed by atoms with E-state index in [9.17, 15) is 4.79 Å². The third kappa shape index (κ3) is 2.88. The first-order chi connectivity index (χ1) is 8.54. The van der Waals surface area contributed by atoms with Crippen LogP contribution in [0.3, 0.4) is 0 Å². The molecule has 1 amide bonds. The van der Waals surface area contributed by atoms with E-state index in [1.165, 1.54) is 0 Å². The van der Waals surface area contributed by atoms with Crippen LogP contribution in [-0.2, 0) is 11.3 Å². The molecule has 2 rings (SSSR count). The van der Waals surface area contributed by atoms with Crippen LogP contribution in [0.5, 0.6) is 0 Å². The summed E-state index contributed by atoms with van der Waals surface area (Å²) in [4.78, 5) is 18.5. The maximum Gasteiger partial charge on any atom is 0.242 e. The van der Waals surface area contributed by atoms with Gasteiger partial charge in [-0.2, -0.15) is 0 Å². The monoisotopic (exact) mass is 247 g/mol. The molecule has 2 N–H and O–H groups in total. The summed E-state index contributed by atoms with van der Waals surface area (Å²) >= 11 is 0. The Morgan fingerprint density at radius 1 is 1.61 bits per heavy atom. The first-order valence-corrected chi connectivity index (χ1v) is 6.53. The van der Waals surface area contributed by atoms with Gasteiger partial charge in [-0.3, -0.25) is 9.78 Å². The fourth-order valence-electron chi connectivity index (χ4n) is 1.92. The van der Waals surface area contributed by atoms with Gasteiger partial charge in [0.25, 0.3) is 0 Å². The predicted octanol–water partition coefficient (Wildman–Crippen LogP) is 1.70. The average Bonchev–Trinajstić information content (AvgIpc) is 3.20. The van der Waals surface area contributed by atoms with E-state index in [0.29, 0.717) is 19.0 Å². The highest BCUT2D eigenvalue weighted by Gasteiger charge is 2.39. The maximum absolute atomic E-state index is 12.5. The van der Waals surface area contributed by atoms with Crippen molar-refractivity contribution in [2.75, 3.05) is 0 Å². The SMILES string of the molecule is CCC(C)(N)C(=O)N(Cc1cccnc1)C1CC1. The molecule has 1 aromatic heterocycles. The van der Waals surface area contributed by atoms with E-state index in [-0.39, 0.29) is 5.91 Å². The van der Waals surface area contributed by atoms with Crippen molar-refractivity contribution < 1.29 is 4.79 Å². The molecular weight excluding hydrogens is 226 g/mol. The molecule has 0 aliphatic heterocycles. The Morgan fingerprint density at radius 2 is 2.33 bits per heavy atom. The minimum absolute atomic E-state index is 0.0522. The van der Waals surface area contributed by atoms with Crippen LogP contribution in [0.1, 0.15) is 38.7 Å². The number of hydrogen-bond acceptors (Lipinski definition) is 3. The Morgan fingerprint density at radius 3 is 2.83 bits per heavy atom. The summed E-state index contributed by atoms with van der Waals surface area (Å²) < 4.78 is 0. The lowest BCUT2D eigenvalue weighted by Crippen LogP contribution is -2.53. The van der Waals surface area contributed by atoms with Crippen molar-refractivity contribution in [3.63, 3.8) is 0 Å². The fourth-order valence-corrected chi connectivity index (χ4v) is 1.92. The van der Waals surface area contributed by atoms with Crippen LogP contribution in [-0.4, -0.2) is 27.4 Å². The zero-order chi connectivity index (χ0) is 13.2. The highest BCUT2D eigenvalue weighted by atomic mass is 16.2. The van der Waals surface area contributed by atoms with E-state index in [0.717, 1.165) is 18.4 Å². The Hall–Kier alpha value is -1.42. The van der Waals surface area contributed by atoms with Crippen LogP contribution < -0.4 is 5.73 Å². The summed E-state index contributed by atoms with van der Waals surface area (Å²) in [5.41, 5.74) is 6.37. The van der Waals surface area contributed by atoms with Crippen molar-refractivity contribution in [1.82, 2.24) is 9.88 Å². The molecule has 1 fully saturated rings. The normalized spacial score (nSPS) is 18.2. The summed E-state index contributed by atoms with van der Waals surface area (Å²) in [5, 5.41) is 0. The van der Waals surface area contributed by atoms with Crippen LogP contribution in [0.2, 0.25) is 0 Å². The number of nitrogens with two attached hydrogens (primary N) is 1. The van der Waals surface area contributed by atoms with Gasteiger partial charge in [-0.05, 0) is 37.8 Å². The first kappa shape index (κ1) is 13.0. The van der Waals surface area contributed by atoms with Gasteiger partial charge in [-0.25, -0.2) is 0 Å². The van der Waals surface area contributed by atoms with Crippen LogP contribution in [0.4, 0.5) is 0 Å². The van der Waals surface area contributed by atoms with Crippen LogP contribution in [0.25, 0.3) is 0 Å². The van der Waals surface area contributed by atoms with Gasteiger partial charge < -0.3 is 10.6 Å². The lowest BCUT2D eigenvalue weighted by atomic mass is 9.98. The minimum Gasteiger partial charge on any atom is -0.334 e. The van der Waals surface area contributed by atoms with E-state index >= 15 is 0 Å². The van der Waals surface area contributed by atoms with Crippen LogP contribution in [0.15, 0.2) is 24.5 Å². The summed E-state index contributed by atoms with van der Waals surface area (Å²) in [6.45, 7) is 4.38. The molecule has 0 spiro atoms. The Kier molecular flexibility index (Phi) is 3.66. The minimum atomic E-state index is -0.759. The van der Waals surface area contributed by atoms with E-state index < -0.39 is 5.54 Å². The lowest BCUT2D eigenvalue weighted by Gasteiger charge is -2.31. The molecule has 1 aliphatic carbocycles. The molecule has 0 saturated heterocycles. The Labute approximate surface area is 108 Å². The summed E-state index contributed by atoms with van der Waals surface area (Å²) in [6.07, 6.45) is 6.38.